The summed E-state index contributed by atoms with van der Waals surface area (Å²) in [6.45, 7) is 2.49. The molecule has 0 aromatic rings. The molecule has 12 heavy (non-hydrogen) atoms. The molecule has 0 aromatic carbocycles. The number of nitrogens with zero attached hydrogens (tertiary/aromatic N) is 1. The van der Waals surface area contributed by atoms with Crippen molar-refractivity contribution >= 4 is 18.5 Å². The molecule has 4 nitrogen and oxygen atoms in total. The minimum Gasteiger partial charge on any atom is -0.465 e. The highest BCUT2D eigenvalue weighted by Gasteiger charge is 2.28. The second kappa shape index (κ2) is 4.52. The number of likely N-dealkylation sites (tertiary alicyclic amines) is 1. The Labute approximate surface area is 78.1 Å². The monoisotopic (exact) mass is 194 g/mol. The van der Waals surface area contributed by atoms with Crippen molar-refractivity contribution in [3.8, 4) is 0 Å². The Morgan fingerprint density at radius 1 is 1.67 bits per heavy atom. The van der Waals surface area contributed by atoms with Crippen LogP contribution in [0.25, 0.3) is 0 Å². The fourth-order valence-electron chi connectivity index (χ4n) is 1.44. The molecule has 2 atom stereocenters. The normalized spacial score (nSPS) is 29.3. The molecular formula is C7H15ClN2O2. The van der Waals surface area contributed by atoms with E-state index >= 15 is 0 Å². The molecule has 0 aliphatic carbocycles. The lowest BCUT2D eigenvalue weighted by Gasteiger charge is -2.35. The largest absolute Gasteiger partial charge is 0.465 e. The average Bonchev–Trinajstić information content (AvgIpc) is 1.94. The van der Waals surface area contributed by atoms with Gasteiger partial charge in [-0.05, 0) is 19.8 Å². The Bertz CT molecular complexity index is 165. The number of piperidine rings is 1. The first-order chi connectivity index (χ1) is 5.13. The van der Waals surface area contributed by atoms with Crippen LogP contribution in [0.4, 0.5) is 4.79 Å². The molecule has 1 fully saturated rings. The molecule has 1 aliphatic heterocycles. The zero-order valence-electron chi connectivity index (χ0n) is 7.06. The first-order valence-corrected chi connectivity index (χ1v) is 3.88. The van der Waals surface area contributed by atoms with Crippen LogP contribution in [0.3, 0.4) is 0 Å². The van der Waals surface area contributed by atoms with Crippen molar-refractivity contribution in [1.82, 2.24) is 4.90 Å². The predicted octanol–water partition coefficient (Wildman–Crippen LogP) is 0.898. The number of hydrogen-bond donors (Lipinski definition) is 2. The van der Waals surface area contributed by atoms with Crippen molar-refractivity contribution in [3.05, 3.63) is 0 Å². The minimum atomic E-state index is -0.854. The fourth-order valence-corrected chi connectivity index (χ4v) is 1.44. The van der Waals surface area contributed by atoms with Gasteiger partial charge in [-0.25, -0.2) is 4.79 Å². The standard InChI is InChI=1S/C7H14N2O2.ClH/c1-5-6(8)3-2-4-9(5)7(10)11;/h5-6H,2-4,8H2,1H3,(H,10,11);1H/t5-,6-;/m1./s1. The summed E-state index contributed by atoms with van der Waals surface area (Å²) in [5.41, 5.74) is 5.70. The Kier molecular flexibility index (Phi) is 4.34. The number of rotatable bonds is 0. The lowest BCUT2D eigenvalue weighted by Crippen LogP contribution is -2.52. The van der Waals surface area contributed by atoms with Gasteiger partial charge in [0.1, 0.15) is 0 Å². The number of halogens is 1. The third kappa shape index (κ3) is 2.25. The van der Waals surface area contributed by atoms with Gasteiger partial charge in [-0.1, -0.05) is 0 Å². The summed E-state index contributed by atoms with van der Waals surface area (Å²) < 4.78 is 0. The summed E-state index contributed by atoms with van der Waals surface area (Å²) in [4.78, 5) is 12.0. The average molecular weight is 195 g/mol. The molecule has 0 radical (unpaired) electrons. The second-order valence-electron chi connectivity index (χ2n) is 3.02. The van der Waals surface area contributed by atoms with Crippen molar-refractivity contribution in [2.24, 2.45) is 5.73 Å². The van der Waals surface area contributed by atoms with E-state index in [1.54, 1.807) is 0 Å². The van der Waals surface area contributed by atoms with E-state index in [1.165, 1.54) is 4.90 Å². The summed E-state index contributed by atoms with van der Waals surface area (Å²) >= 11 is 0. The van der Waals surface area contributed by atoms with Crippen LogP contribution in [0.2, 0.25) is 0 Å². The highest BCUT2D eigenvalue weighted by Crippen LogP contribution is 2.15. The van der Waals surface area contributed by atoms with Gasteiger partial charge in [0, 0.05) is 18.6 Å². The number of carboxylic acid groups (broad SMARTS) is 1. The third-order valence-corrected chi connectivity index (χ3v) is 2.29. The maximum atomic E-state index is 10.6. The molecule has 1 saturated heterocycles. The van der Waals surface area contributed by atoms with Crippen molar-refractivity contribution in [2.45, 2.75) is 31.8 Å². The number of nitrogens with two attached hydrogens (primary N) is 1. The van der Waals surface area contributed by atoms with E-state index < -0.39 is 6.09 Å². The zero-order valence-corrected chi connectivity index (χ0v) is 7.88. The number of carbonyl (C=O) groups is 1. The van der Waals surface area contributed by atoms with Gasteiger partial charge in [-0.3, -0.25) is 0 Å². The number of hydrogen-bond acceptors (Lipinski definition) is 2. The summed E-state index contributed by atoms with van der Waals surface area (Å²) in [7, 11) is 0. The first-order valence-electron chi connectivity index (χ1n) is 3.88. The first kappa shape index (κ1) is 11.5. The molecule has 0 spiro atoms. The van der Waals surface area contributed by atoms with Gasteiger partial charge >= 0.3 is 6.09 Å². The van der Waals surface area contributed by atoms with Crippen LogP contribution in [0, 0.1) is 0 Å². The van der Waals surface area contributed by atoms with Gasteiger partial charge in [-0.2, -0.15) is 0 Å². The molecule has 0 saturated carbocycles. The summed E-state index contributed by atoms with van der Waals surface area (Å²) in [5, 5.41) is 8.70. The Hall–Kier alpha value is -0.480. The van der Waals surface area contributed by atoms with E-state index in [0.717, 1.165) is 12.8 Å². The van der Waals surface area contributed by atoms with Crippen molar-refractivity contribution in [1.29, 1.82) is 0 Å². The minimum absolute atomic E-state index is 0. The van der Waals surface area contributed by atoms with Crippen LogP contribution >= 0.6 is 12.4 Å². The molecule has 1 heterocycles. The SMILES string of the molecule is C[C@@H]1[C@H](N)CCCN1C(=O)O.Cl. The molecule has 0 bridgehead atoms. The van der Waals surface area contributed by atoms with E-state index in [1.807, 2.05) is 6.92 Å². The molecule has 3 N–H and O–H groups in total. The molecule has 72 valence electrons. The highest BCUT2D eigenvalue weighted by atomic mass is 35.5. The van der Waals surface area contributed by atoms with Crippen molar-refractivity contribution < 1.29 is 9.90 Å². The van der Waals surface area contributed by atoms with E-state index in [2.05, 4.69) is 0 Å². The summed E-state index contributed by atoms with van der Waals surface area (Å²) in [6.07, 6.45) is 0.968. The lowest BCUT2D eigenvalue weighted by molar-refractivity contribution is 0.104. The predicted molar refractivity (Wildman–Crippen MR) is 48.7 cm³/mol. The summed E-state index contributed by atoms with van der Waals surface area (Å²) in [6, 6.07) is -0.0129. The molecule has 1 amide bonds. The van der Waals surface area contributed by atoms with Gasteiger partial charge in [-0.15, -0.1) is 12.4 Å². The van der Waals surface area contributed by atoms with E-state index in [-0.39, 0.29) is 24.5 Å². The van der Waals surface area contributed by atoms with Crippen LogP contribution < -0.4 is 5.73 Å². The summed E-state index contributed by atoms with van der Waals surface area (Å²) in [5.74, 6) is 0. The van der Waals surface area contributed by atoms with Gasteiger partial charge in [0.05, 0.1) is 0 Å². The molecular weight excluding hydrogens is 180 g/mol. The van der Waals surface area contributed by atoms with Gasteiger partial charge in [0.25, 0.3) is 0 Å². The van der Waals surface area contributed by atoms with E-state index in [0.29, 0.717) is 6.54 Å². The Morgan fingerprint density at radius 2 is 2.25 bits per heavy atom. The topological polar surface area (TPSA) is 66.6 Å². The molecule has 1 rings (SSSR count). The van der Waals surface area contributed by atoms with Crippen LogP contribution in [0.15, 0.2) is 0 Å². The molecule has 1 aliphatic rings. The fraction of sp³-hybridized carbons (Fsp3) is 0.857. The van der Waals surface area contributed by atoms with Crippen molar-refractivity contribution in [3.63, 3.8) is 0 Å². The Balaban J connectivity index is 0.00000121. The maximum absolute atomic E-state index is 10.6. The zero-order chi connectivity index (χ0) is 8.43. The highest BCUT2D eigenvalue weighted by molar-refractivity contribution is 5.85. The van der Waals surface area contributed by atoms with E-state index in [4.69, 9.17) is 10.8 Å². The quantitative estimate of drug-likeness (QED) is 0.602. The Morgan fingerprint density at radius 3 is 2.67 bits per heavy atom. The molecule has 5 heteroatoms. The smallest absolute Gasteiger partial charge is 0.407 e. The van der Waals surface area contributed by atoms with Crippen LogP contribution in [0.5, 0.6) is 0 Å². The van der Waals surface area contributed by atoms with Crippen molar-refractivity contribution in [2.75, 3.05) is 6.54 Å². The van der Waals surface area contributed by atoms with Crippen LogP contribution in [-0.4, -0.2) is 34.7 Å². The second-order valence-corrected chi connectivity index (χ2v) is 3.02. The number of amides is 1. The van der Waals surface area contributed by atoms with Crippen LogP contribution in [-0.2, 0) is 0 Å². The molecule has 0 unspecified atom stereocenters. The van der Waals surface area contributed by atoms with E-state index in [9.17, 15) is 4.79 Å². The third-order valence-electron chi connectivity index (χ3n) is 2.29. The maximum Gasteiger partial charge on any atom is 0.407 e. The van der Waals surface area contributed by atoms with Gasteiger partial charge < -0.3 is 15.7 Å². The van der Waals surface area contributed by atoms with Gasteiger partial charge in [0.2, 0.25) is 0 Å². The van der Waals surface area contributed by atoms with Gasteiger partial charge in [0.15, 0.2) is 0 Å². The lowest BCUT2D eigenvalue weighted by atomic mass is 9.99. The molecule has 0 aromatic heterocycles. The van der Waals surface area contributed by atoms with Crippen LogP contribution in [0.1, 0.15) is 19.8 Å².